The molecule has 1 aromatic rings. The van der Waals surface area contributed by atoms with Crippen molar-refractivity contribution in [1.29, 1.82) is 0 Å². The average Bonchev–Trinajstić information content (AvgIpc) is 2.80. The van der Waals surface area contributed by atoms with Crippen LogP contribution in [0.25, 0.3) is 0 Å². The highest BCUT2D eigenvalue weighted by atomic mass is 16.2. The third-order valence-corrected chi connectivity index (χ3v) is 4.66. The van der Waals surface area contributed by atoms with E-state index in [1.54, 1.807) is 0 Å². The quantitative estimate of drug-likeness (QED) is 0.871. The molecule has 19 heavy (non-hydrogen) atoms. The molecule has 1 saturated carbocycles. The van der Waals surface area contributed by atoms with Crippen LogP contribution in [0.5, 0.6) is 0 Å². The molecule has 3 heteroatoms. The van der Waals surface area contributed by atoms with E-state index in [4.69, 9.17) is 0 Å². The zero-order valence-electron chi connectivity index (χ0n) is 11.6. The Morgan fingerprint density at radius 1 is 1.21 bits per heavy atom. The highest BCUT2D eigenvalue weighted by Gasteiger charge is 2.43. The van der Waals surface area contributed by atoms with Crippen LogP contribution in [0, 0.1) is 5.41 Å². The smallest absolute Gasteiger partial charge is 0.231 e. The van der Waals surface area contributed by atoms with Crippen LogP contribution in [0.3, 0.4) is 0 Å². The molecule has 102 valence electrons. The van der Waals surface area contributed by atoms with E-state index in [0.29, 0.717) is 0 Å². The molecule has 0 aromatic heterocycles. The number of fused-ring (bicyclic) bond motifs is 1. The summed E-state index contributed by atoms with van der Waals surface area (Å²) >= 11 is 0. The van der Waals surface area contributed by atoms with Crippen LogP contribution in [0.15, 0.2) is 18.2 Å². The van der Waals surface area contributed by atoms with Crippen molar-refractivity contribution in [3.05, 3.63) is 29.3 Å². The van der Waals surface area contributed by atoms with E-state index < -0.39 is 0 Å². The molecule has 0 radical (unpaired) electrons. The van der Waals surface area contributed by atoms with Gasteiger partial charge in [-0.3, -0.25) is 4.79 Å². The molecule has 3 rings (SSSR count). The van der Waals surface area contributed by atoms with Crippen LogP contribution in [0.4, 0.5) is 5.69 Å². The van der Waals surface area contributed by atoms with Crippen molar-refractivity contribution >= 4 is 11.6 Å². The van der Waals surface area contributed by atoms with Crippen LogP contribution < -0.4 is 10.6 Å². The van der Waals surface area contributed by atoms with Crippen molar-refractivity contribution < 1.29 is 4.79 Å². The molecule has 0 unspecified atom stereocenters. The van der Waals surface area contributed by atoms with Gasteiger partial charge in [0.2, 0.25) is 5.91 Å². The summed E-state index contributed by atoms with van der Waals surface area (Å²) in [7, 11) is 1.92. The van der Waals surface area contributed by atoms with E-state index >= 15 is 0 Å². The second kappa shape index (κ2) is 4.97. The van der Waals surface area contributed by atoms with Crippen LogP contribution >= 0.6 is 0 Å². The summed E-state index contributed by atoms with van der Waals surface area (Å²) in [4.78, 5) is 12.5. The molecule has 0 saturated heterocycles. The lowest BCUT2D eigenvalue weighted by Crippen LogP contribution is -2.48. The largest absolute Gasteiger partial charge is 0.326 e. The van der Waals surface area contributed by atoms with E-state index in [1.165, 1.54) is 30.4 Å². The van der Waals surface area contributed by atoms with E-state index in [-0.39, 0.29) is 11.3 Å². The van der Waals surface area contributed by atoms with Gasteiger partial charge in [0.25, 0.3) is 0 Å². The fraction of sp³-hybridized carbons (Fsp3) is 0.562. The van der Waals surface area contributed by atoms with Gasteiger partial charge in [-0.25, -0.2) is 0 Å². The van der Waals surface area contributed by atoms with Gasteiger partial charge >= 0.3 is 0 Å². The predicted octanol–water partition coefficient (Wildman–Crippen LogP) is 2.50. The van der Waals surface area contributed by atoms with Crippen molar-refractivity contribution in [1.82, 2.24) is 5.32 Å². The number of carbonyl (C=O) groups excluding carboxylic acids is 1. The molecule has 0 heterocycles. The number of rotatable bonds is 4. The third-order valence-electron chi connectivity index (χ3n) is 4.66. The molecule has 1 aromatic carbocycles. The summed E-state index contributed by atoms with van der Waals surface area (Å²) in [5.41, 5.74) is 3.65. The minimum atomic E-state index is -0.173. The Kier molecular flexibility index (Phi) is 3.31. The predicted molar refractivity (Wildman–Crippen MR) is 77.3 cm³/mol. The minimum Gasteiger partial charge on any atom is -0.326 e. The molecule has 0 bridgehead atoms. The molecule has 3 nitrogen and oxygen atoms in total. The first-order chi connectivity index (χ1) is 9.23. The van der Waals surface area contributed by atoms with Crippen molar-refractivity contribution in [2.45, 2.75) is 38.5 Å². The maximum atomic E-state index is 12.5. The molecule has 0 spiro atoms. The number of carbonyl (C=O) groups is 1. The normalized spacial score (nSPS) is 19.6. The molecular formula is C16H22N2O. The second-order valence-corrected chi connectivity index (χ2v) is 5.96. The Balaban J connectivity index is 1.72. The van der Waals surface area contributed by atoms with Crippen molar-refractivity contribution in [3.63, 3.8) is 0 Å². The van der Waals surface area contributed by atoms with Gasteiger partial charge in [0, 0.05) is 12.2 Å². The lowest BCUT2D eigenvalue weighted by atomic mass is 9.68. The van der Waals surface area contributed by atoms with Gasteiger partial charge in [-0.15, -0.1) is 0 Å². The summed E-state index contributed by atoms with van der Waals surface area (Å²) in [6, 6.07) is 6.38. The minimum absolute atomic E-state index is 0.173. The van der Waals surface area contributed by atoms with Crippen molar-refractivity contribution in [2.24, 2.45) is 5.41 Å². The van der Waals surface area contributed by atoms with Gasteiger partial charge < -0.3 is 10.6 Å². The SMILES string of the molecule is CNCC1(C(=O)Nc2ccc3c(c2)CCC3)CCC1. The monoisotopic (exact) mass is 258 g/mol. The highest BCUT2D eigenvalue weighted by molar-refractivity contribution is 5.96. The number of nitrogens with one attached hydrogen (secondary N) is 2. The zero-order valence-corrected chi connectivity index (χ0v) is 11.6. The first-order valence-corrected chi connectivity index (χ1v) is 7.31. The van der Waals surface area contributed by atoms with Crippen LogP contribution in [-0.4, -0.2) is 19.5 Å². The van der Waals surface area contributed by atoms with Crippen LogP contribution in [0.2, 0.25) is 0 Å². The summed E-state index contributed by atoms with van der Waals surface area (Å²) in [5.74, 6) is 0.186. The number of benzene rings is 1. The summed E-state index contributed by atoms with van der Waals surface area (Å²) < 4.78 is 0. The molecular weight excluding hydrogens is 236 g/mol. The van der Waals surface area contributed by atoms with Crippen LogP contribution in [-0.2, 0) is 17.6 Å². The number of hydrogen-bond acceptors (Lipinski definition) is 2. The van der Waals surface area contributed by atoms with Gasteiger partial charge in [-0.2, -0.15) is 0 Å². The lowest BCUT2D eigenvalue weighted by Gasteiger charge is -2.40. The van der Waals surface area contributed by atoms with Gasteiger partial charge in [-0.05, 0) is 62.4 Å². The second-order valence-electron chi connectivity index (χ2n) is 5.96. The summed E-state index contributed by atoms with van der Waals surface area (Å²) in [6.45, 7) is 0.782. The molecule has 0 atom stereocenters. The first-order valence-electron chi connectivity index (χ1n) is 7.31. The van der Waals surface area contributed by atoms with E-state index in [9.17, 15) is 4.79 Å². The van der Waals surface area contributed by atoms with E-state index in [1.807, 2.05) is 13.1 Å². The number of hydrogen-bond donors (Lipinski definition) is 2. The first kappa shape index (κ1) is 12.7. The van der Waals surface area contributed by atoms with E-state index in [2.05, 4.69) is 22.8 Å². The molecule has 0 aliphatic heterocycles. The van der Waals surface area contributed by atoms with Crippen molar-refractivity contribution in [3.8, 4) is 0 Å². The van der Waals surface area contributed by atoms with Gasteiger partial charge in [-0.1, -0.05) is 12.5 Å². The molecule has 2 aliphatic carbocycles. The summed E-state index contributed by atoms with van der Waals surface area (Å²) in [6.07, 6.45) is 6.76. The Bertz CT molecular complexity index is 492. The molecule has 2 N–H and O–H groups in total. The zero-order chi connectivity index (χ0) is 13.3. The van der Waals surface area contributed by atoms with E-state index in [0.717, 1.165) is 31.5 Å². The lowest BCUT2D eigenvalue weighted by molar-refractivity contribution is -0.129. The maximum absolute atomic E-state index is 12.5. The highest BCUT2D eigenvalue weighted by Crippen LogP contribution is 2.41. The summed E-state index contributed by atoms with van der Waals surface area (Å²) in [5, 5.41) is 6.28. The standard InChI is InChI=1S/C16H22N2O/c1-17-11-16(8-3-9-16)15(19)18-14-7-6-12-4-2-5-13(12)10-14/h6-7,10,17H,2-5,8-9,11H2,1H3,(H,18,19). The third kappa shape index (κ3) is 2.27. The average molecular weight is 258 g/mol. The number of aryl methyl sites for hydroxylation is 2. The number of anilines is 1. The Morgan fingerprint density at radius 3 is 2.68 bits per heavy atom. The molecule has 1 amide bonds. The molecule has 1 fully saturated rings. The fourth-order valence-electron chi connectivity index (χ4n) is 3.34. The Hall–Kier alpha value is -1.35. The topological polar surface area (TPSA) is 41.1 Å². The van der Waals surface area contributed by atoms with Crippen LogP contribution in [0.1, 0.15) is 36.8 Å². The Morgan fingerprint density at radius 2 is 2.00 bits per heavy atom. The van der Waals surface area contributed by atoms with Gasteiger partial charge in [0.05, 0.1) is 5.41 Å². The van der Waals surface area contributed by atoms with Gasteiger partial charge in [0.1, 0.15) is 0 Å². The number of amides is 1. The fourth-order valence-corrected chi connectivity index (χ4v) is 3.34. The van der Waals surface area contributed by atoms with Crippen molar-refractivity contribution in [2.75, 3.05) is 18.9 Å². The van der Waals surface area contributed by atoms with Gasteiger partial charge in [0.15, 0.2) is 0 Å². The molecule has 2 aliphatic rings. The maximum Gasteiger partial charge on any atom is 0.231 e. The Labute approximate surface area is 114 Å².